The van der Waals surface area contributed by atoms with Crippen LogP contribution in [0.5, 0.6) is 0 Å². The zero-order valence-corrected chi connectivity index (χ0v) is 6.70. The van der Waals surface area contributed by atoms with Gasteiger partial charge in [-0.25, -0.2) is 4.98 Å². The van der Waals surface area contributed by atoms with E-state index in [1.54, 1.807) is 0 Å². The first-order chi connectivity index (χ1) is 4.61. The molecule has 0 spiro atoms. The van der Waals surface area contributed by atoms with Gasteiger partial charge < -0.3 is 0 Å². The Hall–Kier alpha value is -0.0913. The molecule has 0 radical (unpaired) electrons. The van der Waals surface area contributed by atoms with Crippen LogP contribution in [0.15, 0.2) is 24.4 Å². The number of quaternary nitrogens is 1. The predicted octanol–water partition coefficient (Wildman–Crippen LogP) is -0.173. The molecular formula is C8H17N2Sn+. The molecule has 1 heterocycles. The second kappa shape index (κ2) is 4.07. The van der Waals surface area contributed by atoms with E-state index in [1.165, 1.54) is 0 Å². The SMILES string of the molecule is C[N+](C)(C)c1ccccn1.[SnH4]. The second-order valence-corrected chi connectivity index (χ2v) is 3.20. The molecule has 0 aromatic carbocycles. The average molecular weight is 260 g/mol. The summed E-state index contributed by atoms with van der Waals surface area (Å²) in [5, 5.41) is 0. The summed E-state index contributed by atoms with van der Waals surface area (Å²) in [6.45, 7) is 0. The number of pyridine rings is 1. The van der Waals surface area contributed by atoms with E-state index in [0.717, 1.165) is 10.3 Å². The fourth-order valence-corrected chi connectivity index (χ4v) is 0.751. The van der Waals surface area contributed by atoms with E-state index >= 15 is 0 Å². The van der Waals surface area contributed by atoms with Crippen LogP contribution in [0.25, 0.3) is 0 Å². The Balaban J connectivity index is 0.000001000. The Morgan fingerprint density at radius 3 is 2.09 bits per heavy atom. The molecule has 0 unspecified atom stereocenters. The maximum atomic E-state index is 4.22. The van der Waals surface area contributed by atoms with Crippen molar-refractivity contribution in [2.75, 3.05) is 21.1 Å². The van der Waals surface area contributed by atoms with Crippen molar-refractivity contribution in [2.24, 2.45) is 0 Å². The summed E-state index contributed by atoms with van der Waals surface area (Å²) in [5.41, 5.74) is 0. The van der Waals surface area contributed by atoms with Gasteiger partial charge in [0.05, 0.1) is 21.1 Å². The van der Waals surface area contributed by atoms with Crippen molar-refractivity contribution in [3.8, 4) is 0 Å². The van der Waals surface area contributed by atoms with Crippen LogP contribution in [0.4, 0.5) is 5.82 Å². The first-order valence-electron chi connectivity index (χ1n) is 3.34. The predicted molar refractivity (Wildman–Crippen MR) is 55.1 cm³/mol. The van der Waals surface area contributed by atoms with Crippen LogP contribution < -0.4 is 4.48 Å². The van der Waals surface area contributed by atoms with Crippen LogP contribution in [0.3, 0.4) is 0 Å². The summed E-state index contributed by atoms with van der Waals surface area (Å²) in [5.74, 6) is 1.09. The summed E-state index contributed by atoms with van der Waals surface area (Å²) >= 11 is 0. The zero-order valence-electron chi connectivity index (χ0n) is 6.70. The first-order valence-corrected chi connectivity index (χ1v) is 3.34. The molecule has 0 aliphatic carbocycles. The minimum atomic E-state index is 0. The molecule has 0 fully saturated rings. The van der Waals surface area contributed by atoms with E-state index in [-0.39, 0.29) is 23.9 Å². The third-order valence-corrected chi connectivity index (χ3v) is 1.34. The van der Waals surface area contributed by atoms with Crippen molar-refractivity contribution < 1.29 is 0 Å². The van der Waals surface area contributed by atoms with Gasteiger partial charge in [-0.05, 0) is 6.07 Å². The molecule has 0 aliphatic heterocycles. The van der Waals surface area contributed by atoms with Gasteiger partial charge in [0, 0.05) is 12.3 Å². The molecule has 3 heteroatoms. The Bertz CT molecular complexity index is 203. The second-order valence-electron chi connectivity index (χ2n) is 3.20. The Labute approximate surface area is 84.8 Å². The van der Waals surface area contributed by atoms with E-state index in [2.05, 4.69) is 26.1 Å². The molecule has 0 amide bonds. The van der Waals surface area contributed by atoms with Crippen LogP contribution in [-0.2, 0) is 0 Å². The van der Waals surface area contributed by atoms with E-state index in [0.29, 0.717) is 0 Å². The van der Waals surface area contributed by atoms with Crippen molar-refractivity contribution >= 4 is 29.7 Å². The van der Waals surface area contributed by atoms with Crippen LogP contribution >= 0.6 is 0 Å². The van der Waals surface area contributed by atoms with E-state index in [1.807, 2.05) is 24.4 Å². The standard InChI is InChI=1S/C8H13N2.Sn.4H/c1-10(2,3)8-6-4-5-7-9-8;;;;;/h4-7H,1-3H3;;;;;/q+1;;;;;. The van der Waals surface area contributed by atoms with Crippen molar-refractivity contribution in [2.45, 2.75) is 0 Å². The zero-order chi connectivity index (χ0) is 7.61. The molecule has 0 atom stereocenters. The summed E-state index contributed by atoms with van der Waals surface area (Å²) in [6, 6.07) is 5.96. The summed E-state index contributed by atoms with van der Waals surface area (Å²) in [7, 11) is 6.30. The van der Waals surface area contributed by atoms with Gasteiger partial charge >= 0.3 is 23.9 Å². The summed E-state index contributed by atoms with van der Waals surface area (Å²) in [6.07, 6.45) is 1.82. The van der Waals surface area contributed by atoms with Crippen LogP contribution in [0.1, 0.15) is 0 Å². The number of hydrogen-bond acceptors (Lipinski definition) is 1. The van der Waals surface area contributed by atoms with Gasteiger partial charge in [-0.2, -0.15) is 0 Å². The number of aromatic nitrogens is 1. The van der Waals surface area contributed by atoms with Gasteiger partial charge in [-0.3, -0.25) is 4.48 Å². The van der Waals surface area contributed by atoms with E-state index < -0.39 is 0 Å². The van der Waals surface area contributed by atoms with Crippen molar-refractivity contribution in [1.82, 2.24) is 9.47 Å². The van der Waals surface area contributed by atoms with Crippen LogP contribution in [0.2, 0.25) is 0 Å². The van der Waals surface area contributed by atoms with Crippen LogP contribution in [0, 0.1) is 0 Å². The molecule has 1 aromatic heterocycles. The molecule has 0 bridgehead atoms. The van der Waals surface area contributed by atoms with Gasteiger partial charge in [-0.15, -0.1) is 0 Å². The molecule has 11 heavy (non-hydrogen) atoms. The third-order valence-electron chi connectivity index (χ3n) is 1.34. The summed E-state index contributed by atoms with van der Waals surface area (Å²) < 4.78 is 0.779. The topological polar surface area (TPSA) is 12.9 Å². The van der Waals surface area contributed by atoms with Crippen LogP contribution in [-0.4, -0.2) is 50.0 Å². The van der Waals surface area contributed by atoms with Gasteiger partial charge in [-0.1, -0.05) is 6.07 Å². The van der Waals surface area contributed by atoms with Crippen molar-refractivity contribution in [3.63, 3.8) is 0 Å². The average Bonchev–Trinajstić information content (AvgIpc) is 1.88. The Morgan fingerprint density at radius 2 is 1.82 bits per heavy atom. The molecule has 62 valence electrons. The van der Waals surface area contributed by atoms with E-state index in [4.69, 9.17) is 0 Å². The molecule has 1 aromatic rings. The molecule has 0 saturated carbocycles. The van der Waals surface area contributed by atoms with E-state index in [9.17, 15) is 0 Å². The van der Waals surface area contributed by atoms with Gasteiger partial charge in [0.15, 0.2) is 0 Å². The fraction of sp³-hybridized carbons (Fsp3) is 0.375. The molecular weight excluding hydrogens is 243 g/mol. The number of nitrogens with zero attached hydrogens (tertiary/aromatic N) is 2. The van der Waals surface area contributed by atoms with Crippen molar-refractivity contribution in [3.05, 3.63) is 24.4 Å². The van der Waals surface area contributed by atoms with Crippen molar-refractivity contribution in [1.29, 1.82) is 0 Å². The molecule has 0 aliphatic rings. The first kappa shape index (κ1) is 10.9. The molecule has 0 N–H and O–H groups in total. The molecule has 2 nitrogen and oxygen atoms in total. The van der Waals surface area contributed by atoms with Gasteiger partial charge in [0.2, 0.25) is 5.82 Å². The number of rotatable bonds is 1. The fourth-order valence-electron chi connectivity index (χ4n) is 0.751. The monoisotopic (exact) mass is 261 g/mol. The van der Waals surface area contributed by atoms with Gasteiger partial charge in [0.25, 0.3) is 0 Å². The summed E-state index contributed by atoms with van der Waals surface area (Å²) in [4.78, 5) is 4.22. The molecule has 0 saturated heterocycles. The molecule has 1 rings (SSSR count). The number of hydrogen-bond donors (Lipinski definition) is 0. The maximum absolute atomic E-state index is 4.22. The van der Waals surface area contributed by atoms with Gasteiger partial charge in [0.1, 0.15) is 0 Å². The normalized spacial score (nSPS) is 10.5. The Kier molecular flexibility index (Phi) is 4.03. The quantitative estimate of drug-likeness (QED) is 0.504. The Morgan fingerprint density at radius 1 is 1.18 bits per heavy atom. The third kappa shape index (κ3) is 3.20. The minimum absolute atomic E-state index is 0.